The lowest BCUT2D eigenvalue weighted by molar-refractivity contribution is 0.338. The number of nitrogens with one attached hydrogen (secondary N) is 1. The van der Waals surface area contributed by atoms with E-state index in [0.29, 0.717) is 11.8 Å². The number of pyridine rings is 1. The molecule has 0 saturated carbocycles. The molecule has 0 amide bonds. The van der Waals surface area contributed by atoms with Crippen LogP contribution in [0.2, 0.25) is 5.02 Å². The van der Waals surface area contributed by atoms with Crippen molar-refractivity contribution >= 4 is 27.5 Å². The lowest BCUT2D eigenvalue weighted by Crippen LogP contribution is -2.31. The van der Waals surface area contributed by atoms with Crippen LogP contribution in [0.1, 0.15) is 41.1 Å². The molecule has 1 aliphatic heterocycles. The minimum absolute atomic E-state index is 0.398. The number of rotatable bonds is 1. The van der Waals surface area contributed by atoms with Crippen LogP contribution in [0.5, 0.6) is 0 Å². The van der Waals surface area contributed by atoms with Crippen molar-refractivity contribution in [3.05, 3.63) is 62.3 Å². The molecule has 2 heterocycles. The number of halogens is 2. The number of aryl methyl sites for hydroxylation is 2. The fourth-order valence-electron chi connectivity index (χ4n) is 4.14. The van der Waals surface area contributed by atoms with Crippen LogP contribution in [-0.2, 0) is 12.8 Å². The maximum atomic E-state index is 6.27. The molecule has 1 aliphatic carbocycles. The third-order valence-corrected chi connectivity index (χ3v) is 5.89. The first-order chi connectivity index (χ1) is 11.2. The lowest BCUT2D eigenvalue weighted by Gasteiger charge is -2.32. The molecule has 23 heavy (non-hydrogen) atoms. The first-order valence-electron chi connectivity index (χ1n) is 8.36. The smallest absolute Gasteiger partial charge is 0.0514 e. The van der Waals surface area contributed by atoms with Gasteiger partial charge in [-0.05, 0) is 95.5 Å². The highest BCUT2D eigenvalue weighted by atomic mass is 79.9. The van der Waals surface area contributed by atoms with Crippen LogP contribution in [0.25, 0.3) is 0 Å². The monoisotopic (exact) mass is 390 g/mol. The molecule has 4 heteroatoms. The van der Waals surface area contributed by atoms with E-state index in [0.717, 1.165) is 35.4 Å². The van der Waals surface area contributed by atoms with E-state index in [1.165, 1.54) is 35.2 Å². The highest BCUT2D eigenvalue weighted by Gasteiger charge is 2.32. The second-order valence-electron chi connectivity index (χ2n) is 6.61. The first-order valence-corrected chi connectivity index (χ1v) is 9.53. The van der Waals surface area contributed by atoms with E-state index in [9.17, 15) is 0 Å². The number of hydrogen-bond donors (Lipinski definition) is 1. The topological polar surface area (TPSA) is 24.9 Å². The minimum Gasteiger partial charge on any atom is -0.317 e. The molecule has 0 spiro atoms. The number of hydrogen-bond acceptors (Lipinski definition) is 2. The predicted molar refractivity (Wildman–Crippen MR) is 98.2 cm³/mol. The molecule has 1 fully saturated rings. The van der Waals surface area contributed by atoms with Gasteiger partial charge in [-0.1, -0.05) is 17.7 Å². The van der Waals surface area contributed by atoms with Gasteiger partial charge in [-0.25, -0.2) is 0 Å². The summed E-state index contributed by atoms with van der Waals surface area (Å²) in [6.45, 7) is 2.21. The van der Waals surface area contributed by atoms with Gasteiger partial charge in [0.05, 0.1) is 5.69 Å². The molecule has 0 radical (unpaired) electrons. The van der Waals surface area contributed by atoms with Crippen LogP contribution in [-0.4, -0.2) is 18.1 Å². The highest BCUT2D eigenvalue weighted by Crippen LogP contribution is 2.42. The van der Waals surface area contributed by atoms with E-state index in [-0.39, 0.29) is 0 Å². The number of fused-ring (bicyclic) bond motifs is 2. The van der Waals surface area contributed by atoms with Crippen molar-refractivity contribution in [2.75, 3.05) is 13.1 Å². The summed E-state index contributed by atoms with van der Waals surface area (Å²) in [5.41, 5.74) is 5.50. The van der Waals surface area contributed by atoms with E-state index in [4.69, 9.17) is 16.6 Å². The molecule has 1 N–H and O–H groups in total. The average molecular weight is 392 g/mol. The number of nitrogens with zero attached hydrogens (tertiary/aromatic N) is 1. The van der Waals surface area contributed by atoms with Crippen LogP contribution in [0.3, 0.4) is 0 Å². The Labute approximate surface area is 150 Å². The van der Waals surface area contributed by atoms with Gasteiger partial charge < -0.3 is 5.32 Å². The summed E-state index contributed by atoms with van der Waals surface area (Å²) in [6.07, 6.45) is 6.46. The van der Waals surface area contributed by atoms with E-state index < -0.39 is 0 Å². The molecule has 120 valence electrons. The minimum atomic E-state index is 0.398. The molecule has 2 aliphatic rings. The Kier molecular flexibility index (Phi) is 4.44. The molecule has 2 aromatic rings. The maximum absolute atomic E-state index is 6.27. The van der Waals surface area contributed by atoms with E-state index >= 15 is 0 Å². The molecular weight excluding hydrogens is 372 g/mol. The molecule has 0 bridgehead atoms. The molecule has 2 nitrogen and oxygen atoms in total. The number of benzene rings is 1. The summed E-state index contributed by atoms with van der Waals surface area (Å²) in [7, 11) is 0. The van der Waals surface area contributed by atoms with Gasteiger partial charge in [-0.3, -0.25) is 4.98 Å². The summed E-state index contributed by atoms with van der Waals surface area (Å²) in [5.74, 6) is 1.05. The van der Waals surface area contributed by atoms with Crippen LogP contribution in [0.4, 0.5) is 0 Å². The van der Waals surface area contributed by atoms with Crippen molar-refractivity contribution in [3.63, 3.8) is 0 Å². The van der Waals surface area contributed by atoms with Gasteiger partial charge >= 0.3 is 0 Å². The third-order valence-electron chi connectivity index (χ3n) is 5.22. The second kappa shape index (κ2) is 6.54. The standard InChI is InChI=1S/C19H20BrClN2/c20-15-9-14-2-1-13-10-16(21)3-4-17(13)18(19(14)23-11-15)12-5-7-22-8-6-12/h3-4,9-12,18,22H,1-2,5-8H2. The van der Waals surface area contributed by atoms with Crippen molar-refractivity contribution in [2.24, 2.45) is 5.92 Å². The average Bonchev–Trinajstić information content (AvgIpc) is 2.72. The van der Waals surface area contributed by atoms with Crippen LogP contribution < -0.4 is 5.32 Å². The fourth-order valence-corrected chi connectivity index (χ4v) is 4.71. The maximum Gasteiger partial charge on any atom is 0.0514 e. The molecule has 4 rings (SSSR count). The number of piperidine rings is 1. The molecule has 1 aromatic carbocycles. The molecule has 1 unspecified atom stereocenters. The van der Waals surface area contributed by atoms with Gasteiger partial charge in [-0.15, -0.1) is 0 Å². The summed E-state index contributed by atoms with van der Waals surface area (Å²) >= 11 is 9.85. The normalized spacial score (nSPS) is 21.4. The van der Waals surface area contributed by atoms with Crippen molar-refractivity contribution in [2.45, 2.75) is 31.6 Å². The van der Waals surface area contributed by atoms with Gasteiger partial charge in [0.2, 0.25) is 0 Å². The van der Waals surface area contributed by atoms with E-state index in [1.807, 2.05) is 12.3 Å². The Morgan fingerprint density at radius 3 is 2.70 bits per heavy atom. The van der Waals surface area contributed by atoms with E-state index in [1.54, 1.807) is 0 Å². The van der Waals surface area contributed by atoms with Gasteiger partial charge in [0.25, 0.3) is 0 Å². The number of aromatic nitrogens is 1. The Morgan fingerprint density at radius 2 is 1.87 bits per heavy atom. The lowest BCUT2D eigenvalue weighted by atomic mass is 9.77. The Hall–Kier alpha value is -0.900. The van der Waals surface area contributed by atoms with Crippen molar-refractivity contribution < 1.29 is 0 Å². The van der Waals surface area contributed by atoms with Crippen LogP contribution in [0.15, 0.2) is 34.9 Å². The molecule has 1 aromatic heterocycles. The van der Waals surface area contributed by atoms with Crippen LogP contribution >= 0.6 is 27.5 Å². The van der Waals surface area contributed by atoms with Gasteiger partial charge in [0.1, 0.15) is 0 Å². The van der Waals surface area contributed by atoms with E-state index in [2.05, 4.69) is 39.4 Å². The largest absolute Gasteiger partial charge is 0.317 e. The van der Waals surface area contributed by atoms with Gasteiger partial charge in [0, 0.05) is 21.6 Å². The second-order valence-corrected chi connectivity index (χ2v) is 7.96. The zero-order valence-corrected chi connectivity index (χ0v) is 15.3. The van der Waals surface area contributed by atoms with Crippen molar-refractivity contribution in [3.8, 4) is 0 Å². The quantitative estimate of drug-likeness (QED) is 0.760. The summed E-state index contributed by atoms with van der Waals surface area (Å²) in [6, 6.07) is 8.69. The zero-order valence-electron chi connectivity index (χ0n) is 13.0. The van der Waals surface area contributed by atoms with Crippen LogP contribution in [0, 0.1) is 5.92 Å². The molecule has 1 atom stereocenters. The summed E-state index contributed by atoms with van der Waals surface area (Å²) in [4.78, 5) is 4.86. The van der Waals surface area contributed by atoms with Crippen molar-refractivity contribution in [1.29, 1.82) is 0 Å². The summed E-state index contributed by atoms with van der Waals surface area (Å²) < 4.78 is 1.07. The predicted octanol–water partition coefficient (Wildman–Crippen LogP) is 4.73. The summed E-state index contributed by atoms with van der Waals surface area (Å²) in [5, 5.41) is 4.33. The SMILES string of the molecule is Clc1ccc2c(c1)CCc1cc(Br)cnc1C2C1CCNCC1. The fraction of sp³-hybridized carbons (Fsp3) is 0.421. The van der Waals surface area contributed by atoms with Gasteiger partial charge in [0.15, 0.2) is 0 Å². The Bertz CT molecular complexity index is 672. The Balaban J connectivity index is 1.86. The molecule has 1 saturated heterocycles. The van der Waals surface area contributed by atoms with Crippen molar-refractivity contribution in [1.82, 2.24) is 10.3 Å². The zero-order chi connectivity index (χ0) is 15.8. The first kappa shape index (κ1) is 15.6. The Morgan fingerprint density at radius 1 is 1.09 bits per heavy atom. The molecular formula is C19H20BrClN2. The van der Waals surface area contributed by atoms with Gasteiger partial charge in [-0.2, -0.15) is 0 Å². The third kappa shape index (κ3) is 3.07. The highest BCUT2D eigenvalue weighted by molar-refractivity contribution is 9.10.